The molecule has 2 atom stereocenters. The third-order valence-corrected chi connectivity index (χ3v) is 15.6. The molecule has 2 aromatic carbocycles. The zero-order chi connectivity index (χ0) is 46.4. The van der Waals surface area contributed by atoms with Crippen LogP contribution in [0.15, 0.2) is 58.3 Å². The van der Waals surface area contributed by atoms with E-state index in [4.69, 9.17) is 27.9 Å². The molecule has 0 radical (unpaired) electrons. The van der Waals surface area contributed by atoms with Crippen LogP contribution in [-0.2, 0) is 34.4 Å². The molecule has 0 aromatic heterocycles. The van der Waals surface area contributed by atoms with Gasteiger partial charge in [0.15, 0.2) is 0 Å². The Bertz CT molecular complexity index is 2120. The highest BCUT2D eigenvalue weighted by molar-refractivity contribution is 7.89. The highest BCUT2D eigenvalue weighted by Gasteiger charge is 2.47. The van der Waals surface area contributed by atoms with Gasteiger partial charge in [0.1, 0.15) is 17.7 Å². The molecule has 22 heteroatoms. The lowest BCUT2D eigenvalue weighted by molar-refractivity contribution is -0.126. The zero-order valence-corrected chi connectivity index (χ0v) is 38.6. The summed E-state index contributed by atoms with van der Waals surface area (Å²) in [6, 6.07) is 7.90. The number of carbonyl (C=O) groups excluding carboxylic acids is 3. The Morgan fingerprint density at radius 1 is 0.698 bits per heavy atom. The fourth-order valence-corrected chi connectivity index (χ4v) is 11.4. The van der Waals surface area contributed by atoms with Crippen LogP contribution in [0.5, 0.6) is 0 Å². The predicted octanol–water partition coefficient (Wildman–Crippen LogP) is 6.14. The highest BCUT2D eigenvalue weighted by atomic mass is 35.5. The van der Waals surface area contributed by atoms with E-state index in [-0.39, 0.29) is 47.8 Å². The smallest absolute Gasteiger partial charge is 0.410 e. The second kappa shape index (κ2) is 20.9. The Labute approximate surface area is 376 Å². The minimum Gasteiger partial charge on any atom is -0.444 e. The number of benzene rings is 2. The molecule has 3 N–H and O–H groups in total. The van der Waals surface area contributed by atoms with E-state index in [1.54, 1.807) is 25.7 Å². The van der Waals surface area contributed by atoms with Gasteiger partial charge in [-0.2, -0.15) is 8.61 Å². The Balaban J connectivity index is 0.000000243. The van der Waals surface area contributed by atoms with Crippen molar-refractivity contribution in [3.8, 4) is 0 Å². The normalized spacial score (nSPS) is 22.9. The maximum atomic E-state index is 14.5. The summed E-state index contributed by atoms with van der Waals surface area (Å²) in [6.07, 6.45) is -0.916. The van der Waals surface area contributed by atoms with E-state index in [1.807, 2.05) is 0 Å². The largest absolute Gasteiger partial charge is 0.444 e. The summed E-state index contributed by atoms with van der Waals surface area (Å²) in [6.45, 7) is 6.93. The standard InChI is InChI=1S/C23H32ClF2N3O5S.C18H24ClF2N3O3S/c1-22(2,3)34-21(31)28-12-8-16(9-13-28)15-29(19-14-23(25,26)10-11-27-20(19)30)35(32,33)18-6-4-17(24)5-7-18;19-14-1-3-15(4-2-14)28(26,27)24(12-13-5-8-22-9-6-13)16-11-18(20,21)7-10-23-17(16)25/h4-7,16,19H,8-15H2,1-3H3,(H,27,30);1-4,13,16,22H,5-12H2,(H,23,25)/t19-;16-/m11/s1. The summed E-state index contributed by atoms with van der Waals surface area (Å²) in [5, 5.41) is 8.75. The second-order valence-electron chi connectivity index (χ2n) is 17.4. The fourth-order valence-electron chi connectivity index (χ4n) is 7.86. The van der Waals surface area contributed by atoms with E-state index in [1.165, 1.54) is 48.5 Å². The van der Waals surface area contributed by atoms with E-state index in [9.17, 15) is 48.8 Å². The third-order valence-electron chi connectivity index (χ3n) is 11.3. The summed E-state index contributed by atoms with van der Waals surface area (Å²) in [7, 11) is -8.45. The first kappa shape index (κ1) is 50.7. The van der Waals surface area contributed by atoms with Crippen molar-refractivity contribution in [3.63, 3.8) is 0 Å². The van der Waals surface area contributed by atoms with Crippen LogP contribution in [0.25, 0.3) is 0 Å². The Morgan fingerprint density at radius 3 is 1.46 bits per heavy atom. The lowest BCUT2D eigenvalue weighted by Gasteiger charge is -2.37. The zero-order valence-electron chi connectivity index (χ0n) is 35.4. The van der Waals surface area contributed by atoms with Gasteiger partial charge in [-0.1, -0.05) is 23.2 Å². The first-order valence-electron chi connectivity index (χ1n) is 20.9. The maximum absolute atomic E-state index is 14.5. The molecule has 14 nitrogen and oxygen atoms in total. The molecule has 3 amide bonds. The topological polar surface area (TPSA) is 175 Å². The average molecular weight is 972 g/mol. The molecular weight excluding hydrogens is 916 g/mol. The predicted molar refractivity (Wildman–Crippen MR) is 229 cm³/mol. The maximum Gasteiger partial charge on any atom is 0.410 e. The van der Waals surface area contributed by atoms with Crippen LogP contribution in [0.1, 0.15) is 72.1 Å². The van der Waals surface area contributed by atoms with Gasteiger partial charge < -0.3 is 25.6 Å². The van der Waals surface area contributed by atoms with Crippen LogP contribution in [0.3, 0.4) is 0 Å². The van der Waals surface area contributed by atoms with Crippen LogP contribution in [-0.4, -0.2) is 130 Å². The van der Waals surface area contributed by atoms with Gasteiger partial charge in [-0.25, -0.2) is 39.2 Å². The molecule has 352 valence electrons. The highest BCUT2D eigenvalue weighted by Crippen LogP contribution is 2.35. The van der Waals surface area contributed by atoms with Crippen molar-refractivity contribution in [2.24, 2.45) is 11.8 Å². The molecule has 0 saturated carbocycles. The van der Waals surface area contributed by atoms with Crippen molar-refractivity contribution in [3.05, 3.63) is 58.6 Å². The summed E-state index contributed by atoms with van der Waals surface area (Å²) < 4.78 is 118. The number of sulfonamides is 2. The van der Waals surface area contributed by atoms with Gasteiger partial charge in [0.2, 0.25) is 31.9 Å². The van der Waals surface area contributed by atoms with Crippen LogP contribution in [0.4, 0.5) is 22.4 Å². The Kier molecular flexibility index (Phi) is 16.8. The summed E-state index contributed by atoms with van der Waals surface area (Å²) in [4.78, 5) is 39.0. The molecular formula is C41H56Cl2F4N6O8S2. The molecule has 0 bridgehead atoms. The number of piperidine rings is 2. The molecule has 4 aliphatic rings. The minimum absolute atomic E-state index is 0.00648. The number of halogens is 6. The van der Waals surface area contributed by atoms with Gasteiger partial charge in [0.05, 0.1) is 9.79 Å². The number of carbonyl (C=O) groups is 3. The van der Waals surface area contributed by atoms with Crippen molar-refractivity contribution < 1.29 is 53.5 Å². The van der Waals surface area contributed by atoms with Crippen LogP contribution >= 0.6 is 23.2 Å². The number of nitrogens with zero attached hydrogens (tertiary/aromatic N) is 3. The van der Waals surface area contributed by atoms with E-state index < -0.39 is 93.2 Å². The molecule has 4 heterocycles. The molecule has 0 unspecified atom stereocenters. The second-order valence-corrected chi connectivity index (χ2v) is 22.0. The van der Waals surface area contributed by atoms with Gasteiger partial charge in [-0.3, -0.25) is 9.59 Å². The van der Waals surface area contributed by atoms with Gasteiger partial charge in [0.25, 0.3) is 11.8 Å². The number of likely N-dealkylation sites (tertiary alicyclic amines) is 1. The number of amides is 3. The molecule has 4 fully saturated rings. The van der Waals surface area contributed by atoms with Crippen LogP contribution < -0.4 is 16.0 Å². The molecule has 4 saturated heterocycles. The van der Waals surface area contributed by atoms with Gasteiger partial charge in [0, 0.05) is 75.0 Å². The van der Waals surface area contributed by atoms with Crippen LogP contribution in [0, 0.1) is 11.8 Å². The number of hydrogen-bond donors (Lipinski definition) is 3. The monoisotopic (exact) mass is 970 g/mol. The lowest BCUT2D eigenvalue weighted by atomic mass is 9.96. The minimum atomic E-state index is -4.29. The van der Waals surface area contributed by atoms with Gasteiger partial charge >= 0.3 is 6.09 Å². The van der Waals surface area contributed by atoms with Crippen molar-refractivity contribution in [2.45, 2.75) is 111 Å². The molecule has 0 spiro atoms. The van der Waals surface area contributed by atoms with E-state index in [0.717, 1.165) is 34.5 Å². The summed E-state index contributed by atoms with van der Waals surface area (Å²) in [5.41, 5.74) is -0.643. The number of rotatable bonds is 10. The van der Waals surface area contributed by atoms with Gasteiger partial charge in [-0.05, 0) is 120 Å². The number of alkyl halides is 4. The van der Waals surface area contributed by atoms with E-state index in [0.29, 0.717) is 36.0 Å². The summed E-state index contributed by atoms with van der Waals surface area (Å²) in [5.74, 6) is -7.98. The molecule has 0 aliphatic carbocycles. The quantitative estimate of drug-likeness (QED) is 0.237. The lowest BCUT2D eigenvalue weighted by Crippen LogP contribution is -2.52. The number of hydrogen-bond acceptors (Lipinski definition) is 9. The molecule has 2 aromatic rings. The van der Waals surface area contributed by atoms with Crippen molar-refractivity contribution in [1.29, 1.82) is 0 Å². The van der Waals surface area contributed by atoms with Crippen LogP contribution in [0.2, 0.25) is 10.0 Å². The fraction of sp³-hybridized carbons (Fsp3) is 0.634. The van der Waals surface area contributed by atoms with Crippen molar-refractivity contribution in [2.75, 3.05) is 52.4 Å². The first-order valence-corrected chi connectivity index (χ1v) is 24.6. The first-order chi connectivity index (χ1) is 29.4. The number of nitrogens with one attached hydrogen (secondary N) is 3. The van der Waals surface area contributed by atoms with Gasteiger partial charge in [-0.15, -0.1) is 0 Å². The molecule has 6 rings (SSSR count). The van der Waals surface area contributed by atoms with E-state index >= 15 is 0 Å². The Morgan fingerprint density at radius 2 is 1.08 bits per heavy atom. The van der Waals surface area contributed by atoms with Crippen molar-refractivity contribution >= 4 is 61.2 Å². The Hall–Kier alpha value is -3.27. The van der Waals surface area contributed by atoms with E-state index in [2.05, 4.69) is 16.0 Å². The van der Waals surface area contributed by atoms with Crippen molar-refractivity contribution in [1.82, 2.24) is 29.5 Å². The average Bonchev–Trinajstić information content (AvgIpc) is 3.43. The molecule has 63 heavy (non-hydrogen) atoms. The third kappa shape index (κ3) is 14.1. The SMILES string of the molecule is CC(C)(C)OC(=O)N1CCC(CN([C@@H]2CC(F)(F)CCNC2=O)S(=O)(=O)c2ccc(Cl)cc2)CC1.O=C1NCCC(F)(F)C[C@H]1N(CC1CCNCC1)S(=O)(=O)c1ccc(Cl)cc1. The number of ether oxygens (including phenoxy) is 1. The summed E-state index contributed by atoms with van der Waals surface area (Å²) >= 11 is 11.7. The molecule has 4 aliphatic heterocycles.